The highest BCUT2D eigenvalue weighted by molar-refractivity contribution is 5.93. The van der Waals surface area contributed by atoms with Crippen molar-refractivity contribution < 1.29 is 9.32 Å². The van der Waals surface area contributed by atoms with E-state index in [0.29, 0.717) is 18.2 Å². The molecule has 2 rings (SSSR count). The Morgan fingerprint density at radius 2 is 2.05 bits per heavy atom. The summed E-state index contributed by atoms with van der Waals surface area (Å²) in [7, 11) is 1.33. The van der Waals surface area contributed by atoms with Crippen LogP contribution in [0.5, 0.6) is 0 Å². The predicted octanol–water partition coefficient (Wildman–Crippen LogP) is 0.379. The summed E-state index contributed by atoms with van der Waals surface area (Å²) in [4.78, 5) is 39.6. The fourth-order valence-corrected chi connectivity index (χ4v) is 2.03. The number of hydrogen-bond acceptors (Lipinski definition) is 6. The molecule has 0 saturated carbocycles. The minimum atomic E-state index is -0.611. The molecule has 0 spiro atoms. The Bertz CT molecular complexity index is 813. The number of aromatic nitrogens is 4. The Morgan fingerprint density at radius 3 is 2.64 bits per heavy atom. The van der Waals surface area contributed by atoms with Gasteiger partial charge in [-0.2, -0.15) is 4.98 Å². The van der Waals surface area contributed by atoms with Gasteiger partial charge in [0, 0.05) is 19.7 Å². The fourth-order valence-electron chi connectivity index (χ4n) is 2.03. The summed E-state index contributed by atoms with van der Waals surface area (Å²) in [6.07, 6.45) is 1.91. The van der Waals surface area contributed by atoms with Crippen LogP contribution in [0, 0.1) is 5.92 Å². The number of Topliss-reactive ketones (excluding diaryl/α,β-unsaturated/α-hetero) is 1. The van der Waals surface area contributed by atoms with Gasteiger partial charge in [0.1, 0.15) is 6.54 Å². The second-order valence-corrected chi connectivity index (χ2v) is 5.58. The molecule has 0 amide bonds. The van der Waals surface area contributed by atoms with Crippen molar-refractivity contribution in [3.63, 3.8) is 0 Å². The Labute approximate surface area is 126 Å². The standard InChI is InChI=1S/C14H18N4O4/c1-8(2)5-11-15-12(22-16-11)7-18-6-10(9(3)19)13(20)17(4)14(18)21/h6,8H,5,7H2,1-4H3. The molecule has 0 aliphatic carbocycles. The van der Waals surface area contributed by atoms with Crippen molar-refractivity contribution in [3.8, 4) is 0 Å². The minimum Gasteiger partial charge on any atom is -0.337 e. The summed E-state index contributed by atoms with van der Waals surface area (Å²) in [5.41, 5.74) is -1.21. The fraction of sp³-hybridized carbons (Fsp3) is 0.500. The number of nitrogens with zero attached hydrogens (tertiary/aromatic N) is 4. The first-order valence-electron chi connectivity index (χ1n) is 6.92. The molecule has 0 unspecified atom stereocenters. The van der Waals surface area contributed by atoms with Crippen LogP contribution in [0.25, 0.3) is 0 Å². The first-order valence-corrected chi connectivity index (χ1v) is 6.92. The SMILES string of the molecule is CC(=O)c1cn(Cc2nc(CC(C)C)no2)c(=O)n(C)c1=O. The molecule has 0 bridgehead atoms. The van der Waals surface area contributed by atoms with Gasteiger partial charge in [0.25, 0.3) is 5.56 Å². The van der Waals surface area contributed by atoms with Gasteiger partial charge in [-0.1, -0.05) is 19.0 Å². The van der Waals surface area contributed by atoms with Crippen molar-refractivity contribution in [1.82, 2.24) is 19.3 Å². The normalized spacial score (nSPS) is 11.1. The molecule has 0 aromatic carbocycles. The molecular formula is C14H18N4O4. The van der Waals surface area contributed by atoms with Crippen molar-refractivity contribution in [1.29, 1.82) is 0 Å². The maximum atomic E-state index is 12.1. The Morgan fingerprint density at radius 1 is 1.36 bits per heavy atom. The first-order chi connectivity index (χ1) is 10.3. The number of hydrogen-bond donors (Lipinski definition) is 0. The van der Waals surface area contributed by atoms with E-state index >= 15 is 0 Å². The highest BCUT2D eigenvalue weighted by Gasteiger charge is 2.15. The van der Waals surface area contributed by atoms with Crippen LogP contribution in [0.15, 0.2) is 20.3 Å². The second-order valence-electron chi connectivity index (χ2n) is 5.58. The van der Waals surface area contributed by atoms with E-state index in [0.717, 1.165) is 4.57 Å². The zero-order valence-corrected chi connectivity index (χ0v) is 13.0. The predicted molar refractivity (Wildman–Crippen MR) is 77.9 cm³/mol. The molecule has 0 N–H and O–H groups in total. The zero-order valence-electron chi connectivity index (χ0n) is 13.0. The lowest BCUT2D eigenvalue weighted by molar-refractivity contribution is 0.101. The highest BCUT2D eigenvalue weighted by atomic mass is 16.5. The molecule has 0 fully saturated rings. The number of carbonyl (C=O) groups excluding carboxylic acids is 1. The van der Waals surface area contributed by atoms with Gasteiger partial charge in [0.05, 0.1) is 5.56 Å². The van der Waals surface area contributed by atoms with Crippen LogP contribution in [0.3, 0.4) is 0 Å². The largest absolute Gasteiger partial charge is 0.337 e. The van der Waals surface area contributed by atoms with Gasteiger partial charge in [0.15, 0.2) is 11.6 Å². The van der Waals surface area contributed by atoms with Gasteiger partial charge < -0.3 is 4.52 Å². The van der Waals surface area contributed by atoms with E-state index in [-0.39, 0.29) is 18.0 Å². The molecule has 0 saturated heterocycles. The molecule has 118 valence electrons. The first kappa shape index (κ1) is 15.9. The molecule has 2 heterocycles. The van der Waals surface area contributed by atoms with E-state index in [1.807, 2.05) is 13.8 Å². The smallest absolute Gasteiger partial charge is 0.331 e. The van der Waals surface area contributed by atoms with Crippen molar-refractivity contribution in [2.24, 2.45) is 13.0 Å². The van der Waals surface area contributed by atoms with E-state index in [1.54, 1.807) is 0 Å². The molecule has 0 aliphatic heterocycles. The van der Waals surface area contributed by atoms with E-state index in [9.17, 15) is 14.4 Å². The number of carbonyl (C=O) groups is 1. The lowest BCUT2D eigenvalue weighted by atomic mass is 10.1. The molecule has 0 atom stereocenters. The molecule has 8 heteroatoms. The van der Waals surface area contributed by atoms with E-state index in [2.05, 4.69) is 10.1 Å². The maximum Gasteiger partial charge on any atom is 0.331 e. The minimum absolute atomic E-state index is 0.0122. The van der Waals surface area contributed by atoms with Gasteiger partial charge >= 0.3 is 5.69 Å². The molecule has 22 heavy (non-hydrogen) atoms. The van der Waals surface area contributed by atoms with Crippen molar-refractivity contribution in [3.05, 3.63) is 44.3 Å². The van der Waals surface area contributed by atoms with Crippen molar-refractivity contribution in [2.45, 2.75) is 33.7 Å². The monoisotopic (exact) mass is 306 g/mol. The van der Waals surface area contributed by atoms with E-state index < -0.39 is 17.0 Å². The molecule has 2 aromatic rings. The van der Waals surface area contributed by atoms with Crippen LogP contribution in [0.4, 0.5) is 0 Å². The Hall–Kier alpha value is -2.51. The van der Waals surface area contributed by atoms with Crippen molar-refractivity contribution >= 4 is 5.78 Å². The molecule has 0 aliphatic rings. The zero-order chi connectivity index (χ0) is 16.4. The van der Waals surface area contributed by atoms with Crippen LogP contribution < -0.4 is 11.2 Å². The van der Waals surface area contributed by atoms with Crippen LogP contribution >= 0.6 is 0 Å². The van der Waals surface area contributed by atoms with Gasteiger partial charge in [-0.05, 0) is 12.8 Å². The summed E-state index contributed by atoms with van der Waals surface area (Å²) < 4.78 is 7.21. The second kappa shape index (κ2) is 6.08. The molecule has 0 radical (unpaired) electrons. The lowest BCUT2D eigenvalue weighted by Gasteiger charge is -2.06. The summed E-state index contributed by atoms with van der Waals surface area (Å²) in [5.74, 6) is 0.802. The Balaban J connectivity index is 2.37. The summed E-state index contributed by atoms with van der Waals surface area (Å²) in [6, 6.07) is 0. The van der Waals surface area contributed by atoms with Gasteiger partial charge in [-0.25, -0.2) is 4.79 Å². The average molecular weight is 306 g/mol. The van der Waals surface area contributed by atoms with Gasteiger partial charge in [-0.15, -0.1) is 0 Å². The van der Waals surface area contributed by atoms with E-state index in [4.69, 9.17) is 4.52 Å². The third-order valence-electron chi connectivity index (χ3n) is 3.14. The van der Waals surface area contributed by atoms with Crippen LogP contribution in [-0.2, 0) is 20.0 Å². The lowest BCUT2D eigenvalue weighted by Crippen LogP contribution is -2.40. The summed E-state index contributed by atoms with van der Waals surface area (Å²) in [5, 5.41) is 3.84. The topological polar surface area (TPSA) is 100.0 Å². The molecule has 8 nitrogen and oxygen atoms in total. The quantitative estimate of drug-likeness (QED) is 0.740. The van der Waals surface area contributed by atoms with Gasteiger partial charge in [0.2, 0.25) is 5.89 Å². The summed E-state index contributed by atoms with van der Waals surface area (Å²) >= 11 is 0. The van der Waals surface area contributed by atoms with Gasteiger partial charge in [-0.3, -0.25) is 18.7 Å². The third kappa shape index (κ3) is 3.21. The van der Waals surface area contributed by atoms with Crippen LogP contribution in [0.1, 0.15) is 42.8 Å². The number of rotatable bonds is 5. The third-order valence-corrected chi connectivity index (χ3v) is 3.14. The van der Waals surface area contributed by atoms with Crippen LogP contribution in [-0.4, -0.2) is 25.1 Å². The van der Waals surface area contributed by atoms with Crippen molar-refractivity contribution in [2.75, 3.05) is 0 Å². The molecular weight excluding hydrogens is 288 g/mol. The van der Waals surface area contributed by atoms with E-state index in [1.165, 1.54) is 24.7 Å². The highest BCUT2D eigenvalue weighted by Crippen LogP contribution is 2.05. The van der Waals surface area contributed by atoms with Crippen LogP contribution in [0.2, 0.25) is 0 Å². The Kier molecular flexibility index (Phi) is 4.39. The maximum absolute atomic E-state index is 12.1. The summed E-state index contributed by atoms with van der Waals surface area (Å²) in [6.45, 7) is 5.36. The number of ketones is 1. The molecule has 2 aromatic heterocycles. The average Bonchev–Trinajstić information content (AvgIpc) is 2.85.